The van der Waals surface area contributed by atoms with Gasteiger partial charge in [0.15, 0.2) is 9.84 Å². The molecule has 0 aromatic heterocycles. The van der Waals surface area contributed by atoms with E-state index in [4.69, 9.17) is 0 Å². The highest BCUT2D eigenvalue weighted by Gasteiger charge is 2.15. The minimum Gasteiger partial charge on any atom is -0.258 e. The number of nitrogens with zero attached hydrogens (tertiary/aromatic N) is 1. The Morgan fingerprint density at radius 2 is 2.00 bits per heavy atom. The highest BCUT2D eigenvalue weighted by Crippen LogP contribution is 2.18. The summed E-state index contributed by atoms with van der Waals surface area (Å²) in [6.07, 6.45) is 0.458. The van der Waals surface area contributed by atoms with Gasteiger partial charge in [-0.1, -0.05) is 6.92 Å². The summed E-state index contributed by atoms with van der Waals surface area (Å²) in [5, 5.41) is 10.5. The summed E-state index contributed by atoms with van der Waals surface area (Å²) < 4.78 is 36.0. The molecule has 94 valence electrons. The molecular formula is C10H12FNO4S. The lowest BCUT2D eigenvalue weighted by molar-refractivity contribution is -0.385. The van der Waals surface area contributed by atoms with Gasteiger partial charge in [0.1, 0.15) is 5.82 Å². The number of sulfone groups is 1. The summed E-state index contributed by atoms with van der Waals surface area (Å²) >= 11 is 0. The van der Waals surface area contributed by atoms with Crippen molar-refractivity contribution in [3.63, 3.8) is 0 Å². The van der Waals surface area contributed by atoms with E-state index in [1.807, 2.05) is 0 Å². The summed E-state index contributed by atoms with van der Waals surface area (Å²) in [4.78, 5) is 9.74. The van der Waals surface area contributed by atoms with Gasteiger partial charge in [-0.05, 0) is 18.1 Å². The van der Waals surface area contributed by atoms with Gasteiger partial charge in [-0.2, -0.15) is 0 Å². The van der Waals surface area contributed by atoms with E-state index in [9.17, 15) is 22.9 Å². The highest BCUT2D eigenvalue weighted by atomic mass is 32.2. The van der Waals surface area contributed by atoms with Crippen molar-refractivity contribution in [3.8, 4) is 0 Å². The van der Waals surface area contributed by atoms with Crippen molar-refractivity contribution in [1.29, 1.82) is 0 Å². The van der Waals surface area contributed by atoms with E-state index in [1.54, 1.807) is 6.92 Å². The average Bonchev–Trinajstić information content (AvgIpc) is 2.15. The van der Waals surface area contributed by atoms with Gasteiger partial charge < -0.3 is 0 Å². The first kappa shape index (κ1) is 13.6. The highest BCUT2D eigenvalue weighted by molar-refractivity contribution is 7.90. The molecule has 0 saturated heterocycles. The smallest absolute Gasteiger partial charge is 0.258 e. The standard InChI is InChI=1S/C10H12FNO4S/c1-2-3-17(15,16)7-8-4-9(11)6-10(5-8)12(13)14/h4-6H,2-3,7H2,1H3. The fourth-order valence-electron chi connectivity index (χ4n) is 1.46. The van der Waals surface area contributed by atoms with Crippen molar-refractivity contribution >= 4 is 15.5 Å². The van der Waals surface area contributed by atoms with Crippen LogP contribution in [0.5, 0.6) is 0 Å². The topological polar surface area (TPSA) is 77.3 Å². The lowest BCUT2D eigenvalue weighted by Gasteiger charge is -2.03. The van der Waals surface area contributed by atoms with Crippen LogP contribution in [0.2, 0.25) is 0 Å². The molecule has 0 aliphatic heterocycles. The lowest BCUT2D eigenvalue weighted by Crippen LogP contribution is -2.09. The zero-order valence-corrected chi connectivity index (χ0v) is 10.0. The van der Waals surface area contributed by atoms with Crippen LogP contribution < -0.4 is 0 Å². The molecule has 0 fully saturated rings. The predicted molar refractivity (Wildman–Crippen MR) is 60.8 cm³/mol. The normalized spacial score (nSPS) is 11.4. The van der Waals surface area contributed by atoms with Crippen molar-refractivity contribution in [2.45, 2.75) is 19.1 Å². The van der Waals surface area contributed by atoms with Crippen LogP contribution in [-0.4, -0.2) is 19.1 Å². The molecule has 17 heavy (non-hydrogen) atoms. The molecule has 0 radical (unpaired) electrons. The van der Waals surface area contributed by atoms with Crippen LogP contribution >= 0.6 is 0 Å². The van der Waals surface area contributed by atoms with Crippen LogP contribution in [0.4, 0.5) is 10.1 Å². The zero-order valence-electron chi connectivity index (χ0n) is 9.22. The Bertz CT molecular complexity index is 527. The third kappa shape index (κ3) is 4.10. The van der Waals surface area contributed by atoms with Gasteiger partial charge in [0.2, 0.25) is 0 Å². The Morgan fingerprint density at radius 1 is 1.35 bits per heavy atom. The molecule has 0 amide bonds. The van der Waals surface area contributed by atoms with E-state index >= 15 is 0 Å². The van der Waals surface area contributed by atoms with Gasteiger partial charge >= 0.3 is 0 Å². The summed E-state index contributed by atoms with van der Waals surface area (Å²) in [7, 11) is -3.33. The van der Waals surface area contributed by atoms with Gasteiger partial charge in [-0.15, -0.1) is 0 Å². The predicted octanol–water partition coefficient (Wildman–Crippen LogP) is 2.06. The number of halogens is 1. The minimum absolute atomic E-state index is 0.0166. The third-order valence-electron chi connectivity index (χ3n) is 2.05. The number of nitro benzene ring substituents is 1. The molecule has 1 aromatic carbocycles. The maximum atomic E-state index is 13.0. The molecule has 1 aromatic rings. The Labute approximate surface area is 98.3 Å². The molecule has 0 unspecified atom stereocenters. The van der Waals surface area contributed by atoms with Crippen LogP contribution in [-0.2, 0) is 15.6 Å². The quantitative estimate of drug-likeness (QED) is 0.600. The van der Waals surface area contributed by atoms with Crippen LogP contribution in [0.15, 0.2) is 18.2 Å². The van der Waals surface area contributed by atoms with Crippen LogP contribution in [0.25, 0.3) is 0 Å². The minimum atomic E-state index is -3.33. The van der Waals surface area contributed by atoms with Gasteiger partial charge in [0.25, 0.3) is 5.69 Å². The Balaban J connectivity index is 3.03. The first-order chi connectivity index (χ1) is 7.84. The van der Waals surface area contributed by atoms with E-state index in [0.717, 1.165) is 18.2 Å². The Morgan fingerprint density at radius 3 is 2.53 bits per heavy atom. The SMILES string of the molecule is CCCS(=O)(=O)Cc1cc(F)cc([N+](=O)[O-])c1. The van der Waals surface area contributed by atoms with Crippen LogP contribution in [0.3, 0.4) is 0 Å². The van der Waals surface area contributed by atoms with E-state index in [-0.39, 0.29) is 17.1 Å². The molecule has 0 spiro atoms. The number of non-ortho nitro benzene ring substituents is 1. The summed E-state index contributed by atoms with van der Waals surface area (Å²) in [6, 6.07) is 2.84. The molecule has 0 N–H and O–H groups in total. The van der Waals surface area contributed by atoms with Gasteiger partial charge in [-0.25, -0.2) is 12.8 Å². The second-order valence-electron chi connectivity index (χ2n) is 3.67. The molecule has 0 atom stereocenters. The molecular weight excluding hydrogens is 249 g/mol. The zero-order chi connectivity index (χ0) is 13.1. The van der Waals surface area contributed by atoms with E-state index < -0.39 is 26.3 Å². The Hall–Kier alpha value is -1.50. The van der Waals surface area contributed by atoms with Crippen LogP contribution in [0, 0.1) is 15.9 Å². The van der Waals surface area contributed by atoms with Crippen molar-refractivity contribution < 1.29 is 17.7 Å². The van der Waals surface area contributed by atoms with Gasteiger partial charge in [0, 0.05) is 6.07 Å². The van der Waals surface area contributed by atoms with Crippen molar-refractivity contribution in [2.75, 3.05) is 5.75 Å². The summed E-state index contributed by atoms with van der Waals surface area (Å²) in [6.45, 7) is 1.71. The van der Waals surface area contributed by atoms with Crippen LogP contribution in [0.1, 0.15) is 18.9 Å². The van der Waals surface area contributed by atoms with E-state index in [1.165, 1.54) is 0 Å². The number of benzene rings is 1. The Kier molecular flexibility index (Phi) is 4.17. The molecule has 0 heterocycles. The number of hydrogen-bond donors (Lipinski definition) is 0. The van der Waals surface area contributed by atoms with E-state index in [0.29, 0.717) is 6.42 Å². The van der Waals surface area contributed by atoms with Crippen molar-refractivity contribution in [1.82, 2.24) is 0 Å². The molecule has 0 aliphatic carbocycles. The number of nitro groups is 1. The molecule has 1 rings (SSSR count). The largest absolute Gasteiger partial charge is 0.272 e. The second-order valence-corrected chi connectivity index (χ2v) is 5.85. The van der Waals surface area contributed by atoms with Gasteiger partial charge in [-0.3, -0.25) is 10.1 Å². The molecule has 0 aliphatic rings. The first-order valence-corrected chi connectivity index (χ1v) is 6.80. The van der Waals surface area contributed by atoms with Crippen molar-refractivity contribution in [2.24, 2.45) is 0 Å². The monoisotopic (exact) mass is 261 g/mol. The van der Waals surface area contributed by atoms with Crippen molar-refractivity contribution in [3.05, 3.63) is 39.7 Å². The summed E-state index contributed by atoms with van der Waals surface area (Å²) in [5.74, 6) is -1.20. The average molecular weight is 261 g/mol. The molecule has 7 heteroatoms. The summed E-state index contributed by atoms with van der Waals surface area (Å²) in [5.41, 5.74) is -0.336. The molecule has 0 saturated carbocycles. The lowest BCUT2D eigenvalue weighted by atomic mass is 10.2. The number of rotatable bonds is 5. The number of hydrogen-bond acceptors (Lipinski definition) is 4. The molecule has 0 bridgehead atoms. The third-order valence-corrected chi connectivity index (χ3v) is 3.86. The maximum Gasteiger partial charge on any atom is 0.272 e. The van der Waals surface area contributed by atoms with Gasteiger partial charge in [0.05, 0.1) is 22.5 Å². The fraction of sp³-hybridized carbons (Fsp3) is 0.400. The molecule has 5 nitrogen and oxygen atoms in total. The maximum absolute atomic E-state index is 13.0. The first-order valence-electron chi connectivity index (χ1n) is 4.98. The van der Waals surface area contributed by atoms with E-state index in [2.05, 4.69) is 0 Å². The fourth-order valence-corrected chi connectivity index (χ4v) is 2.90. The second kappa shape index (κ2) is 5.22.